The number of carbonyl (C=O) groups excluding carboxylic acids is 4. The van der Waals surface area contributed by atoms with Crippen molar-refractivity contribution in [1.82, 2.24) is 10.2 Å². The van der Waals surface area contributed by atoms with Crippen molar-refractivity contribution in [3.8, 4) is 0 Å². The zero-order valence-corrected chi connectivity index (χ0v) is 26.5. The summed E-state index contributed by atoms with van der Waals surface area (Å²) in [5.41, 5.74) is 1.62. The summed E-state index contributed by atoms with van der Waals surface area (Å²) in [5.74, 6) is -1.87. The maximum atomic E-state index is 13.9. The molecule has 0 saturated carbocycles. The third kappa shape index (κ3) is 6.86. The molecule has 0 unspecified atom stereocenters. The fourth-order valence-electron chi connectivity index (χ4n) is 6.70. The zero-order valence-electron chi connectivity index (χ0n) is 26.5. The van der Waals surface area contributed by atoms with Crippen LogP contribution in [0.1, 0.15) is 62.1 Å². The number of methoxy groups -OCH3 is 1. The Morgan fingerprint density at radius 3 is 2.67 bits per heavy atom. The number of hydrogen-bond donors (Lipinski definition) is 4. The third-order valence-electron chi connectivity index (χ3n) is 9.42. The number of benzene rings is 2. The summed E-state index contributed by atoms with van der Waals surface area (Å²) < 4.78 is 4.72. The molecule has 0 aromatic heterocycles. The normalized spacial score (nSPS) is 22.9. The van der Waals surface area contributed by atoms with Gasteiger partial charge in [0.05, 0.1) is 31.5 Å². The molecule has 246 valence electrons. The molecule has 0 radical (unpaired) electrons. The Morgan fingerprint density at radius 1 is 1.17 bits per heavy atom. The van der Waals surface area contributed by atoms with E-state index in [-0.39, 0.29) is 55.9 Å². The molecule has 4 N–H and O–H groups in total. The Balaban J connectivity index is 1.33. The standard InChI is InChI=1S/C35H44N4O7/c1-23(9-7-13-31(41)39-21-25-11-4-3-10-24(25)19-27(39)22-40)35(45)28-20-26(37-33(43)29-12-8-17-36-29)15-16-30(28)38(34(35)44)18-6-5-14-32(42)46-2/h3-4,7,9-11,15-16,20,23,27,29,36,40,45H,5-6,8,12-14,17-19,21-22H2,1-2H3,(H,37,43)/b9-7+/t23-,27-,29+,35+/m0/s1. The van der Waals surface area contributed by atoms with Gasteiger partial charge in [0, 0.05) is 43.1 Å². The predicted octanol–water partition coefficient (Wildman–Crippen LogP) is 2.78. The summed E-state index contributed by atoms with van der Waals surface area (Å²) in [4.78, 5) is 54.9. The quantitative estimate of drug-likeness (QED) is 0.159. The number of rotatable bonds is 12. The van der Waals surface area contributed by atoms with E-state index in [0.717, 1.165) is 30.5 Å². The molecule has 2 aromatic carbocycles. The summed E-state index contributed by atoms with van der Waals surface area (Å²) in [6.45, 7) is 3.06. The maximum absolute atomic E-state index is 13.9. The summed E-state index contributed by atoms with van der Waals surface area (Å²) in [6.07, 6.45) is 6.89. The van der Waals surface area contributed by atoms with E-state index in [1.807, 2.05) is 24.3 Å². The van der Waals surface area contributed by atoms with E-state index in [9.17, 15) is 29.4 Å². The molecule has 4 atom stereocenters. The monoisotopic (exact) mass is 632 g/mol. The lowest BCUT2D eigenvalue weighted by molar-refractivity contribution is -0.140. The van der Waals surface area contributed by atoms with Gasteiger partial charge in [0.2, 0.25) is 11.8 Å². The van der Waals surface area contributed by atoms with Gasteiger partial charge in [-0.25, -0.2) is 0 Å². The van der Waals surface area contributed by atoms with Gasteiger partial charge >= 0.3 is 5.97 Å². The van der Waals surface area contributed by atoms with Crippen molar-refractivity contribution in [2.75, 3.05) is 37.0 Å². The number of unbranched alkanes of at least 4 members (excludes halogenated alkanes) is 1. The van der Waals surface area contributed by atoms with Crippen LogP contribution < -0.4 is 15.5 Å². The molecular weight excluding hydrogens is 588 g/mol. The number of nitrogens with zero attached hydrogens (tertiary/aromatic N) is 2. The van der Waals surface area contributed by atoms with Crippen LogP contribution in [0, 0.1) is 5.92 Å². The number of carbonyl (C=O) groups is 4. The summed E-state index contributed by atoms with van der Waals surface area (Å²) in [7, 11) is 1.33. The van der Waals surface area contributed by atoms with Crippen molar-refractivity contribution in [2.24, 2.45) is 5.92 Å². The second-order valence-electron chi connectivity index (χ2n) is 12.4. The van der Waals surface area contributed by atoms with E-state index in [4.69, 9.17) is 4.74 Å². The van der Waals surface area contributed by atoms with Crippen LogP contribution in [0.25, 0.3) is 0 Å². The van der Waals surface area contributed by atoms with Crippen molar-refractivity contribution in [2.45, 2.75) is 76.1 Å². The first-order valence-electron chi connectivity index (χ1n) is 16.1. The number of hydrogen-bond acceptors (Lipinski definition) is 8. The molecule has 11 heteroatoms. The van der Waals surface area contributed by atoms with Gasteiger partial charge in [-0.05, 0) is 68.0 Å². The number of amides is 3. The molecule has 3 amide bonds. The Labute approximate surface area is 269 Å². The van der Waals surface area contributed by atoms with Gasteiger partial charge < -0.3 is 35.4 Å². The first kappa shape index (κ1) is 33.3. The topological polar surface area (TPSA) is 149 Å². The SMILES string of the molecule is COC(=O)CCCCN1C(=O)[C@@](O)([C@@H](C)/C=C/CC(=O)N2Cc3ccccc3C[C@H]2CO)c2cc(NC(=O)[C@H]3CCCN3)ccc21. The lowest BCUT2D eigenvalue weighted by atomic mass is 9.82. The van der Waals surface area contributed by atoms with E-state index in [0.29, 0.717) is 42.7 Å². The van der Waals surface area contributed by atoms with Gasteiger partial charge in [-0.3, -0.25) is 19.2 Å². The Hall–Kier alpha value is -4.06. The van der Waals surface area contributed by atoms with Gasteiger partial charge in [0.25, 0.3) is 5.91 Å². The summed E-state index contributed by atoms with van der Waals surface area (Å²) in [5, 5.41) is 28.2. The first-order chi connectivity index (χ1) is 22.2. The van der Waals surface area contributed by atoms with Crippen LogP contribution in [0.4, 0.5) is 11.4 Å². The lowest BCUT2D eigenvalue weighted by Crippen LogP contribution is -2.46. The Kier molecular flexibility index (Phi) is 10.6. The first-order valence-corrected chi connectivity index (χ1v) is 16.1. The number of aliphatic hydroxyl groups is 2. The van der Waals surface area contributed by atoms with E-state index < -0.39 is 17.4 Å². The van der Waals surface area contributed by atoms with Crippen molar-refractivity contribution in [3.05, 3.63) is 71.3 Å². The molecule has 1 fully saturated rings. The third-order valence-corrected chi connectivity index (χ3v) is 9.42. The van der Waals surface area contributed by atoms with Crippen molar-refractivity contribution in [3.63, 3.8) is 0 Å². The molecule has 46 heavy (non-hydrogen) atoms. The van der Waals surface area contributed by atoms with Crippen LogP contribution in [0.15, 0.2) is 54.6 Å². The number of fused-ring (bicyclic) bond motifs is 2. The molecule has 11 nitrogen and oxygen atoms in total. The molecule has 3 heterocycles. The highest BCUT2D eigenvalue weighted by molar-refractivity contribution is 6.08. The molecule has 0 bridgehead atoms. The highest BCUT2D eigenvalue weighted by Crippen LogP contribution is 2.46. The fraction of sp³-hybridized carbons (Fsp3) is 0.486. The molecule has 1 saturated heterocycles. The molecule has 3 aliphatic heterocycles. The number of anilines is 2. The smallest absolute Gasteiger partial charge is 0.305 e. The minimum absolute atomic E-state index is 0.0435. The Bertz CT molecular complexity index is 1490. The van der Waals surface area contributed by atoms with Crippen LogP contribution >= 0.6 is 0 Å². The van der Waals surface area contributed by atoms with Gasteiger partial charge in [0.1, 0.15) is 0 Å². The molecule has 0 aliphatic carbocycles. The van der Waals surface area contributed by atoms with Crippen LogP contribution in [-0.2, 0) is 42.5 Å². The van der Waals surface area contributed by atoms with E-state index in [1.54, 1.807) is 42.2 Å². The fourth-order valence-corrected chi connectivity index (χ4v) is 6.70. The van der Waals surface area contributed by atoms with Crippen molar-refractivity contribution in [1.29, 1.82) is 0 Å². The number of esters is 1. The molecule has 2 aromatic rings. The van der Waals surface area contributed by atoms with Gasteiger partial charge in [0.15, 0.2) is 5.60 Å². The molecular formula is C35H44N4O7. The summed E-state index contributed by atoms with van der Waals surface area (Å²) >= 11 is 0. The molecule has 3 aliphatic rings. The van der Waals surface area contributed by atoms with Crippen LogP contribution in [-0.4, -0.2) is 77.7 Å². The van der Waals surface area contributed by atoms with Crippen molar-refractivity contribution >= 4 is 35.1 Å². The zero-order chi connectivity index (χ0) is 32.8. The highest BCUT2D eigenvalue weighted by atomic mass is 16.5. The average Bonchev–Trinajstić information content (AvgIpc) is 3.68. The van der Waals surface area contributed by atoms with Crippen LogP contribution in [0.5, 0.6) is 0 Å². The highest BCUT2D eigenvalue weighted by Gasteiger charge is 2.52. The Morgan fingerprint density at radius 2 is 1.96 bits per heavy atom. The van der Waals surface area contributed by atoms with Gasteiger partial charge in [-0.2, -0.15) is 0 Å². The van der Waals surface area contributed by atoms with E-state index >= 15 is 0 Å². The second-order valence-corrected chi connectivity index (χ2v) is 12.4. The maximum Gasteiger partial charge on any atom is 0.305 e. The number of nitrogens with one attached hydrogen (secondary N) is 2. The minimum atomic E-state index is -1.94. The van der Waals surface area contributed by atoms with Crippen LogP contribution in [0.2, 0.25) is 0 Å². The minimum Gasteiger partial charge on any atom is -0.469 e. The number of aliphatic hydroxyl groups excluding tert-OH is 1. The summed E-state index contributed by atoms with van der Waals surface area (Å²) in [6, 6.07) is 12.4. The van der Waals surface area contributed by atoms with Gasteiger partial charge in [-0.15, -0.1) is 0 Å². The predicted molar refractivity (Wildman–Crippen MR) is 173 cm³/mol. The molecule has 0 spiro atoms. The van der Waals surface area contributed by atoms with Gasteiger partial charge in [-0.1, -0.05) is 43.3 Å². The van der Waals surface area contributed by atoms with E-state index in [1.165, 1.54) is 12.0 Å². The largest absolute Gasteiger partial charge is 0.469 e. The number of ether oxygens (including phenoxy) is 1. The lowest BCUT2D eigenvalue weighted by Gasteiger charge is -2.36. The van der Waals surface area contributed by atoms with Crippen LogP contribution in [0.3, 0.4) is 0 Å². The second kappa shape index (κ2) is 14.6. The molecule has 5 rings (SSSR count). The van der Waals surface area contributed by atoms with Crippen molar-refractivity contribution < 1.29 is 34.1 Å². The average molecular weight is 633 g/mol. The van der Waals surface area contributed by atoms with E-state index in [2.05, 4.69) is 10.6 Å².